The molecule has 1 aromatic heterocycles. The molecule has 1 amide bonds. The summed E-state index contributed by atoms with van der Waals surface area (Å²) < 4.78 is 5.14. The molecular weight excluding hydrogens is 322 g/mol. The standard InChI is InChI=1S/C18H17N3O2S/c1-11-4-5-14(10-12(11)2)16(22)19-18-21-20-17(24-18)13-6-8-15(23-3)9-7-13/h4-10H,1-3H3,(H,19,21,22). The van der Waals surface area contributed by atoms with Crippen LogP contribution in [0, 0.1) is 13.8 Å². The maximum atomic E-state index is 12.3. The molecule has 24 heavy (non-hydrogen) atoms. The lowest BCUT2D eigenvalue weighted by molar-refractivity contribution is 0.102. The zero-order valence-electron chi connectivity index (χ0n) is 13.7. The summed E-state index contributed by atoms with van der Waals surface area (Å²) in [5, 5.41) is 12.2. The molecule has 0 saturated carbocycles. The van der Waals surface area contributed by atoms with Crippen LogP contribution in [0.15, 0.2) is 42.5 Å². The van der Waals surface area contributed by atoms with Crippen LogP contribution in [0.25, 0.3) is 10.6 Å². The Morgan fingerprint density at radius 2 is 1.79 bits per heavy atom. The monoisotopic (exact) mass is 339 g/mol. The van der Waals surface area contributed by atoms with E-state index in [1.165, 1.54) is 11.3 Å². The largest absolute Gasteiger partial charge is 0.497 e. The fourth-order valence-corrected chi connectivity index (χ4v) is 2.92. The van der Waals surface area contributed by atoms with Crippen molar-refractivity contribution in [1.82, 2.24) is 10.2 Å². The summed E-state index contributed by atoms with van der Waals surface area (Å²) in [6.07, 6.45) is 0. The maximum Gasteiger partial charge on any atom is 0.257 e. The van der Waals surface area contributed by atoms with Gasteiger partial charge < -0.3 is 4.74 Å². The lowest BCUT2D eigenvalue weighted by Gasteiger charge is -2.04. The van der Waals surface area contributed by atoms with Crippen molar-refractivity contribution in [2.24, 2.45) is 0 Å². The van der Waals surface area contributed by atoms with Gasteiger partial charge >= 0.3 is 0 Å². The minimum absolute atomic E-state index is 0.185. The van der Waals surface area contributed by atoms with Crippen molar-refractivity contribution in [3.05, 3.63) is 59.2 Å². The minimum Gasteiger partial charge on any atom is -0.497 e. The van der Waals surface area contributed by atoms with Gasteiger partial charge in [0.15, 0.2) is 0 Å². The average Bonchev–Trinajstić information content (AvgIpc) is 3.06. The minimum atomic E-state index is -0.185. The van der Waals surface area contributed by atoms with Crippen molar-refractivity contribution in [3.8, 4) is 16.3 Å². The Kier molecular flexibility index (Phi) is 4.57. The first kappa shape index (κ1) is 16.1. The Morgan fingerprint density at radius 1 is 1.04 bits per heavy atom. The molecule has 122 valence electrons. The number of ether oxygens (including phenoxy) is 1. The number of rotatable bonds is 4. The first-order chi connectivity index (χ1) is 11.6. The summed E-state index contributed by atoms with van der Waals surface area (Å²) in [7, 11) is 1.63. The van der Waals surface area contributed by atoms with E-state index < -0.39 is 0 Å². The van der Waals surface area contributed by atoms with Crippen LogP contribution in [0.5, 0.6) is 5.75 Å². The molecule has 3 rings (SSSR count). The number of methoxy groups -OCH3 is 1. The number of amides is 1. The van der Waals surface area contributed by atoms with Gasteiger partial charge in [-0.2, -0.15) is 0 Å². The van der Waals surface area contributed by atoms with E-state index in [9.17, 15) is 4.79 Å². The van der Waals surface area contributed by atoms with E-state index in [0.717, 1.165) is 27.4 Å². The van der Waals surface area contributed by atoms with E-state index in [4.69, 9.17) is 4.74 Å². The van der Waals surface area contributed by atoms with Crippen molar-refractivity contribution in [3.63, 3.8) is 0 Å². The van der Waals surface area contributed by atoms with E-state index in [1.807, 2.05) is 56.3 Å². The van der Waals surface area contributed by atoms with E-state index >= 15 is 0 Å². The Morgan fingerprint density at radius 3 is 2.46 bits per heavy atom. The van der Waals surface area contributed by atoms with Crippen LogP contribution in [0.4, 0.5) is 5.13 Å². The number of benzene rings is 2. The number of nitrogens with one attached hydrogen (secondary N) is 1. The highest BCUT2D eigenvalue weighted by atomic mass is 32.1. The third kappa shape index (κ3) is 3.44. The zero-order chi connectivity index (χ0) is 17.1. The van der Waals surface area contributed by atoms with Gasteiger partial charge in [-0.1, -0.05) is 17.4 Å². The summed E-state index contributed by atoms with van der Waals surface area (Å²) >= 11 is 1.33. The normalized spacial score (nSPS) is 10.5. The van der Waals surface area contributed by atoms with Crippen molar-refractivity contribution in [2.45, 2.75) is 13.8 Å². The van der Waals surface area contributed by atoms with Crippen LogP contribution in [-0.4, -0.2) is 23.2 Å². The summed E-state index contributed by atoms with van der Waals surface area (Å²) in [6, 6.07) is 13.2. The third-order valence-corrected chi connectivity index (χ3v) is 4.64. The predicted octanol–water partition coefficient (Wildman–Crippen LogP) is 4.08. The smallest absolute Gasteiger partial charge is 0.257 e. The van der Waals surface area contributed by atoms with Crippen molar-refractivity contribution >= 4 is 22.4 Å². The highest BCUT2D eigenvalue weighted by Gasteiger charge is 2.12. The van der Waals surface area contributed by atoms with Crippen molar-refractivity contribution < 1.29 is 9.53 Å². The number of carbonyl (C=O) groups is 1. The molecule has 0 aliphatic heterocycles. The number of anilines is 1. The Balaban J connectivity index is 1.75. The van der Waals surface area contributed by atoms with Gasteiger partial charge in [-0.05, 0) is 61.4 Å². The lowest BCUT2D eigenvalue weighted by Crippen LogP contribution is -2.12. The molecule has 0 saturated heterocycles. The first-order valence-electron chi connectivity index (χ1n) is 7.43. The molecule has 0 unspecified atom stereocenters. The van der Waals surface area contributed by atoms with Gasteiger partial charge in [0.05, 0.1) is 7.11 Å². The van der Waals surface area contributed by atoms with Crippen molar-refractivity contribution in [1.29, 1.82) is 0 Å². The Hall–Kier alpha value is -2.73. The molecule has 1 N–H and O–H groups in total. The molecule has 0 aliphatic carbocycles. The quantitative estimate of drug-likeness (QED) is 0.778. The van der Waals surface area contributed by atoms with Crippen LogP contribution in [0.3, 0.4) is 0 Å². The first-order valence-corrected chi connectivity index (χ1v) is 8.25. The van der Waals surface area contributed by atoms with Gasteiger partial charge in [0, 0.05) is 11.1 Å². The van der Waals surface area contributed by atoms with E-state index in [0.29, 0.717) is 10.7 Å². The Labute approximate surface area is 144 Å². The molecular formula is C18H17N3O2S. The second-order valence-corrected chi connectivity index (χ2v) is 6.37. The highest BCUT2D eigenvalue weighted by molar-refractivity contribution is 7.18. The van der Waals surface area contributed by atoms with Gasteiger partial charge in [0.1, 0.15) is 10.8 Å². The second kappa shape index (κ2) is 6.80. The summed E-state index contributed by atoms with van der Waals surface area (Å²) in [6.45, 7) is 4.00. The van der Waals surface area contributed by atoms with Crippen LogP contribution in [0.1, 0.15) is 21.5 Å². The molecule has 1 heterocycles. The van der Waals surface area contributed by atoms with Crippen LogP contribution in [-0.2, 0) is 0 Å². The topological polar surface area (TPSA) is 64.1 Å². The number of carbonyl (C=O) groups excluding carboxylic acids is 1. The fraction of sp³-hybridized carbons (Fsp3) is 0.167. The van der Waals surface area contributed by atoms with Crippen LogP contribution in [0.2, 0.25) is 0 Å². The van der Waals surface area contributed by atoms with E-state index in [-0.39, 0.29) is 5.91 Å². The second-order valence-electron chi connectivity index (χ2n) is 5.39. The molecule has 5 nitrogen and oxygen atoms in total. The maximum absolute atomic E-state index is 12.3. The fourth-order valence-electron chi connectivity index (χ4n) is 2.18. The summed E-state index contributed by atoms with van der Waals surface area (Å²) in [5.74, 6) is 0.599. The van der Waals surface area contributed by atoms with Gasteiger partial charge in [0.2, 0.25) is 5.13 Å². The molecule has 0 spiro atoms. The third-order valence-electron chi connectivity index (χ3n) is 3.75. The molecule has 0 fully saturated rings. The molecule has 6 heteroatoms. The zero-order valence-corrected chi connectivity index (χ0v) is 14.5. The van der Waals surface area contributed by atoms with E-state index in [2.05, 4.69) is 15.5 Å². The number of aromatic nitrogens is 2. The van der Waals surface area contributed by atoms with Crippen LogP contribution < -0.4 is 10.1 Å². The number of nitrogens with zero attached hydrogens (tertiary/aromatic N) is 2. The number of hydrogen-bond acceptors (Lipinski definition) is 5. The SMILES string of the molecule is COc1ccc(-c2nnc(NC(=O)c3ccc(C)c(C)c3)s2)cc1. The Bertz CT molecular complexity index is 872. The average molecular weight is 339 g/mol. The van der Waals surface area contributed by atoms with Gasteiger partial charge in [-0.25, -0.2) is 0 Å². The van der Waals surface area contributed by atoms with Crippen LogP contribution >= 0.6 is 11.3 Å². The van der Waals surface area contributed by atoms with Gasteiger partial charge in [0.25, 0.3) is 5.91 Å². The number of hydrogen-bond donors (Lipinski definition) is 1. The van der Waals surface area contributed by atoms with E-state index in [1.54, 1.807) is 7.11 Å². The molecule has 2 aromatic carbocycles. The summed E-state index contributed by atoms with van der Waals surface area (Å²) in [5.41, 5.74) is 3.78. The lowest BCUT2D eigenvalue weighted by atomic mass is 10.1. The molecule has 3 aromatic rings. The molecule has 0 radical (unpaired) electrons. The summed E-state index contributed by atoms with van der Waals surface area (Å²) in [4.78, 5) is 12.3. The number of aryl methyl sites for hydroxylation is 2. The highest BCUT2D eigenvalue weighted by Crippen LogP contribution is 2.28. The molecule has 0 atom stereocenters. The van der Waals surface area contributed by atoms with Gasteiger partial charge in [-0.15, -0.1) is 10.2 Å². The van der Waals surface area contributed by atoms with Gasteiger partial charge in [-0.3, -0.25) is 10.1 Å². The molecule has 0 aliphatic rings. The molecule has 0 bridgehead atoms. The van der Waals surface area contributed by atoms with Crippen molar-refractivity contribution in [2.75, 3.05) is 12.4 Å². The predicted molar refractivity (Wildman–Crippen MR) is 95.8 cm³/mol.